The molecular formula is C15H20ClNO2. The van der Waals surface area contributed by atoms with Gasteiger partial charge in [0, 0.05) is 17.5 Å². The Bertz CT molecular complexity index is 461. The second-order valence-electron chi connectivity index (χ2n) is 5.56. The van der Waals surface area contributed by atoms with Crippen molar-refractivity contribution in [3.63, 3.8) is 0 Å². The molecule has 1 fully saturated rings. The van der Waals surface area contributed by atoms with Gasteiger partial charge in [-0.15, -0.1) is 0 Å². The zero-order valence-electron chi connectivity index (χ0n) is 11.3. The van der Waals surface area contributed by atoms with Crippen LogP contribution >= 0.6 is 11.6 Å². The number of hydrogen-bond acceptors (Lipinski definition) is 2. The minimum Gasteiger partial charge on any atom is -0.391 e. The minimum absolute atomic E-state index is 0.0258. The number of carbonyl (C=O) groups excluding carboxylic acids is 1. The predicted octanol–water partition coefficient (Wildman–Crippen LogP) is 2.58. The summed E-state index contributed by atoms with van der Waals surface area (Å²) in [4.78, 5) is 11.9. The average molecular weight is 282 g/mol. The van der Waals surface area contributed by atoms with E-state index in [1.165, 1.54) is 0 Å². The zero-order valence-corrected chi connectivity index (χ0v) is 12.0. The zero-order chi connectivity index (χ0) is 14.0. The standard InChI is InChI=1S/C15H20ClNO2/c1-9(2)14(18)8-17-15(19)13-7-12(13)10-4-3-5-11(16)6-10/h3-6,9,12-14,18H,7-8H2,1-2H3,(H,17,19). The van der Waals surface area contributed by atoms with E-state index in [9.17, 15) is 9.90 Å². The molecule has 3 nitrogen and oxygen atoms in total. The van der Waals surface area contributed by atoms with Crippen LogP contribution in [0.15, 0.2) is 24.3 Å². The van der Waals surface area contributed by atoms with E-state index in [2.05, 4.69) is 5.32 Å². The Morgan fingerprint density at radius 2 is 2.26 bits per heavy atom. The van der Waals surface area contributed by atoms with Gasteiger partial charge in [-0.1, -0.05) is 37.6 Å². The molecule has 104 valence electrons. The highest BCUT2D eigenvalue weighted by Gasteiger charge is 2.43. The highest BCUT2D eigenvalue weighted by molar-refractivity contribution is 6.30. The van der Waals surface area contributed by atoms with Crippen LogP contribution in [0.2, 0.25) is 5.02 Å². The molecule has 2 rings (SSSR count). The summed E-state index contributed by atoms with van der Waals surface area (Å²) in [5, 5.41) is 13.2. The highest BCUT2D eigenvalue weighted by Crippen LogP contribution is 2.47. The van der Waals surface area contributed by atoms with Crippen LogP contribution in [0.4, 0.5) is 0 Å². The summed E-state index contributed by atoms with van der Waals surface area (Å²) in [6.07, 6.45) is 0.386. The first kappa shape index (κ1) is 14.4. The van der Waals surface area contributed by atoms with E-state index in [4.69, 9.17) is 11.6 Å². The molecule has 3 unspecified atom stereocenters. The Labute approximate surface area is 119 Å². The Morgan fingerprint density at radius 3 is 2.89 bits per heavy atom. The van der Waals surface area contributed by atoms with Crippen molar-refractivity contribution in [1.29, 1.82) is 0 Å². The second kappa shape index (κ2) is 5.93. The number of rotatable bonds is 5. The van der Waals surface area contributed by atoms with Crippen molar-refractivity contribution in [1.82, 2.24) is 5.32 Å². The average Bonchev–Trinajstić information content (AvgIpc) is 3.15. The summed E-state index contributed by atoms with van der Waals surface area (Å²) in [7, 11) is 0. The van der Waals surface area contributed by atoms with Crippen LogP contribution in [0, 0.1) is 11.8 Å². The van der Waals surface area contributed by atoms with Crippen LogP contribution in [0.25, 0.3) is 0 Å². The first-order valence-electron chi connectivity index (χ1n) is 6.70. The fourth-order valence-corrected chi connectivity index (χ4v) is 2.36. The molecule has 0 heterocycles. The van der Waals surface area contributed by atoms with Gasteiger partial charge in [-0.2, -0.15) is 0 Å². The fraction of sp³-hybridized carbons (Fsp3) is 0.533. The van der Waals surface area contributed by atoms with Crippen LogP contribution in [-0.2, 0) is 4.79 Å². The number of aliphatic hydroxyl groups excluding tert-OH is 1. The fourth-order valence-electron chi connectivity index (χ4n) is 2.16. The smallest absolute Gasteiger partial charge is 0.223 e. The predicted molar refractivity (Wildman–Crippen MR) is 76.2 cm³/mol. The molecule has 0 spiro atoms. The lowest BCUT2D eigenvalue weighted by Gasteiger charge is -2.15. The van der Waals surface area contributed by atoms with Gasteiger partial charge in [-0.3, -0.25) is 4.79 Å². The third kappa shape index (κ3) is 3.71. The molecule has 1 aliphatic rings. The molecule has 2 N–H and O–H groups in total. The Morgan fingerprint density at radius 1 is 1.53 bits per heavy atom. The Hall–Kier alpha value is -1.06. The third-order valence-electron chi connectivity index (χ3n) is 3.66. The van der Waals surface area contributed by atoms with Gasteiger partial charge in [0.1, 0.15) is 0 Å². The van der Waals surface area contributed by atoms with Crippen LogP contribution in [0.1, 0.15) is 31.7 Å². The van der Waals surface area contributed by atoms with E-state index in [1.807, 2.05) is 38.1 Å². The maximum Gasteiger partial charge on any atom is 0.223 e. The monoisotopic (exact) mass is 281 g/mol. The summed E-state index contributed by atoms with van der Waals surface area (Å²) < 4.78 is 0. The first-order valence-corrected chi connectivity index (χ1v) is 7.08. The van der Waals surface area contributed by atoms with Gasteiger partial charge < -0.3 is 10.4 Å². The quantitative estimate of drug-likeness (QED) is 0.871. The molecule has 3 atom stereocenters. The molecule has 1 amide bonds. The first-order chi connectivity index (χ1) is 8.99. The number of nitrogens with one attached hydrogen (secondary N) is 1. The molecule has 19 heavy (non-hydrogen) atoms. The Kier molecular flexibility index (Phi) is 4.48. The maximum absolute atomic E-state index is 11.9. The lowest BCUT2D eigenvalue weighted by Crippen LogP contribution is -2.35. The van der Waals surface area contributed by atoms with Crippen LogP contribution in [0.3, 0.4) is 0 Å². The van der Waals surface area contributed by atoms with Crippen molar-refractivity contribution in [2.75, 3.05) is 6.54 Å². The number of aliphatic hydroxyl groups is 1. The van der Waals surface area contributed by atoms with Gasteiger partial charge in [0.25, 0.3) is 0 Å². The number of amides is 1. The summed E-state index contributed by atoms with van der Waals surface area (Å²) >= 11 is 5.95. The van der Waals surface area contributed by atoms with Crippen LogP contribution in [0.5, 0.6) is 0 Å². The summed E-state index contributed by atoms with van der Waals surface area (Å²) in [5.41, 5.74) is 1.12. The van der Waals surface area contributed by atoms with Crippen molar-refractivity contribution in [3.8, 4) is 0 Å². The number of benzene rings is 1. The molecular weight excluding hydrogens is 262 g/mol. The van der Waals surface area contributed by atoms with E-state index in [0.29, 0.717) is 11.6 Å². The van der Waals surface area contributed by atoms with Crippen LogP contribution in [-0.4, -0.2) is 23.7 Å². The number of hydrogen-bond donors (Lipinski definition) is 2. The number of carbonyl (C=O) groups is 1. The van der Waals surface area contributed by atoms with Crippen LogP contribution < -0.4 is 5.32 Å². The summed E-state index contributed by atoms with van der Waals surface area (Å²) in [6.45, 7) is 4.20. The number of halogens is 1. The summed E-state index contributed by atoms with van der Waals surface area (Å²) in [6, 6.07) is 7.67. The molecule has 1 aromatic carbocycles. The van der Waals surface area contributed by atoms with Gasteiger partial charge >= 0.3 is 0 Å². The van der Waals surface area contributed by atoms with Gasteiger partial charge in [0.05, 0.1) is 6.10 Å². The lowest BCUT2D eigenvalue weighted by atomic mass is 10.1. The molecule has 4 heteroatoms. The van der Waals surface area contributed by atoms with Crippen molar-refractivity contribution >= 4 is 17.5 Å². The van der Waals surface area contributed by atoms with E-state index >= 15 is 0 Å². The Balaban J connectivity index is 1.84. The molecule has 1 aromatic rings. The van der Waals surface area contributed by atoms with Crippen molar-refractivity contribution in [2.24, 2.45) is 11.8 Å². The molecule has 0 saturated heterocycles. The van der Waals surface area contributed by atoms with E-state index in [1.54, 1.807) is 0 Å². The minimum atomic E-state index is -0.479. The summed E-state index contributed by atoms with van der Waals surface area (Å²) in [5.74, 6) is 0.487. The van der Waals surface area contributed by atoms with E-state index in [-0.39, 0.29) is 23.7 Å². The van der Waals surface area contributed by atoms with Gasteiger partial charge in [0.2, 0.25) is 5.91 Å². The largest absolute Gasteiger partial charge is 0.391 e. The van der Waals surface area contributed by atoms with Crippen molar-refractivity contribution in [2.45, 2.75) is 32.3 Å². The topological polar surface area (TPSA) is 49.3 Å². The molecule has 1 saturated carbocycles. The molecule has 0 aromatic heterocycles. The van der Waals surface area contributed by atoms with Crippen molar-refractivity contribution in [3.05, 3.63) is 34.9 Å². The molecule has 0 radical (unpaired) electrons. The third-order valence-corrected chi connectivity index (χ3v) is 3.89. The molecule has 1 aliphatic carbocycles. The van der Waals surface area contributed by atoms with Crippen molar-refractivity contribution < 1.29 is 9.90 Å². The normalized spacial score (nSPS) is 23.2. The van der Waals surface area contributed by atoms with E-state index in [0.717, 1.165) is 12.0 Å². The highest BCUT2D eigenvalue weighted by atomic mass is 35.5. The maximum atomic E-state index is 11.9. The molecule has 0 aliphatic heterocycles. The molecule has 0 bridgehead atoms. The van der Waals surface area contributed by atoms with Gasteiger partial charge in [-0.25, -0.2) is 0 Å². The van der Waals surface area contributed by atoms with E-state index < -0.39 is 6.10 Å². The second-order valence-corrected chi connectivity index (χ2v) is 6.00. The van der Waals surface area contributed by atoms with Gasteiger partial charge in [-0.05, 0) is 36.0 Å². The van der Waals surface area contributed by atoms with Gasteiger partial charge in [0.15, 0.2) is 0 Å². The SMILES string of the molecule is CC(C)C(O)CNC(=O)C1CC1c1cccc(Cl)c1. The lowest BCUT2D eigenvalue weighted by molar-refractivity contribution is -0.123.